The topological polar surface area (TPSA) is 82.5 Å². The molecule has 0 aliphatic heterocycles. The molecule has 0 saturated carbocycles. The van der Waals surface area contributed by atoms with Gasteiger partial charge in [-0.15, -0.1) is 5.10 Å². The Hall–Kier alpha value is -1.50. The Morgan fingerprint density at radius 3 is 2.67 bits per heavy atom. The summed E-state index contributed by atoms with van der Waals surface area (Å²) in [6.45, 7) is 3.67. The lowest BCUT2D eigenvalue weighted by molar-refractivity contribution is 0.794. The maximum atomic E-state index is 5.66. The van der Waals surface area contributed by atoms with Gasteiger partial charge >= 0.3 is 0 Å². The summed E-state index contributed by atoms with van der Waals surface area (Å²) in [6.07, 6.45) is 1.39. The molecule has 2 heterocycles. The molecule has 0 aliphatic carbocycles. The van der Waals surface area contributed by atoms with E-state index in [0.29, 0.717) is 21.9 Å². The highest BCUT2D eigenvalue weighted by atomic mass is 79.9. The molecule has 0 fully saturated rings. The summed E-state index contributed by atoms with van der Waals surface area (Å²) < 4.78 is 2.25. The minimum absolute atomic E-state index is 0.382. The van der Waals surface area contributed by atoms with Gasteiger partial charge in [-0.25, -0.2) is 15.0 Å². The van der Waals surface area contributed by atoms with Crippen molar-refractivity contribution in [1.82, 2.24) is 24.7 Å². The van der Waals surface area contributed by atoms with E-state index in [4.69, 9.17) is 5.73 Å². The number of nitrogen functional groups attached to an aromatic ring is 1. The summed E-state index contributed by atoms with van der Waals surface area (Å²) in [6, 6.07) is 0. The van der Waals surface area contributed by atoms with Gasteiger partial charge in [-0.05, 0) is 29.8 Å². The lowest BCUT2D eigenvalue weighted by Crippen LogP contribution is -2.06. The van der Waals surface area contributed by atoms with E-state index in [9.17, 15) is 0 Å². The van der Waals surface area contributed by atoms with Gasteiger partial charge < -0.3 is 5.73 Å². The summed E-state index contributed by atoms with van der Waals surface area (Å²) >= 11 is 3.32. The summed E-state index contributed by atoms with van der Waals surface area (Å²) in [5, 5.41) is 4.21. The van der Waals surface area contributed by atoms with Crippen LogP contribution in [-0.4, -0.2) is 24.7 Å². The molecule has 2 aromatic heterocycles. The van der Waals surface area contributed by atoms with E-state index >= 15 is 0 Å². The number of aryl methyl sites for hydroxylation is 2. The Morgan fingerprint density at radius 1 is 1.33 bits per heavy atom. The predicted octanol–water partition coefficient (Wildman–Crippen LogP) is 1.02. The SMILES string of the molecule is Cc1nc(C)n(-c2ncnc(N)c2Br)n1. The van der Waals surface area contributed by atoms with Crippen molar-refractivity contribution in [3.8, 4) is 5.82 Å². The average molecular weight is 269 g/mol. The van der Waals surface area contributed by atoms with Crippen molar-refractivity contribution in [3.63, 3.8) is 0 Å². The van der Waals surface area contributed by atoms with Crippen molar-refractivity contribution >= 4 is 21.7 Å². The summed E-state index contributed by atoms with van der Waals surface area (Å²) in [7, 11) is 0. The van der Waals surface area contributed by atoms with E-state index < -0.39 is 0 Å². The molecule has 0 unspecified atom stereocenters. The third-order valence-corrected chi connectivity index (χ3v) is 2.63. The van der Waals surface area contributed by atoms with Crippen LogP contribution in [0.4, 0.5) is 5.82 Å². The molecule has 0 aliphatic rings. The molecule has 0 radical (unpaired) electrons. The molecule has 2 N–H and O–H groups in total. The van der Waals surface area contributed by atoms with Gasteiger partial charge in [0.05, 0.1) is 0 Å². The monoisotopic (exact) mass is 268 g/mol. The van der Waals surface area contributed by atoms with Crippen molar-refractivity contribution in [2.24, 2.45) is 0 Å². The fourth-order valence-electron chi connectivity index (χ4n) is 1.24. The quantitative estimate of drug-likeness (QED) is 0.835. The van der Waals surface area contributed by atoms with E-state index in [1.54, 1.807) is 4.68 Å². The highest BCUT2D eigenvalue weighted by molar-refractivity contribution is 9.10. The molecular formula is C8H9BrN6. The largest absolute Gasteiger partial charge is 0.383 e. The standard InChI is InChI=1S/C8H9BrN6/c1-4-13-5(2)15(14-4)8-6(9)7(10)11-3-12-8/h3H,1-2H3,(H2,10,11,12). The van der Waals surface area contributed by atoms with Crippen molar-refractivity contribution in [3.05, 3.63) is 22.4 Å². The Bertz CT molecular complexity index is 506. The molecule has 0 aromatic carbocycles. The predicted molar refractivity (Wildman–Crippen MR) is 58.5 cm³/mol. The number of rotatable bonds is 1. The minimum Gasteiger partial charge on any atom is -0.383 e. The van der Waals surface area contributed by atoms with Gasteiger partial charge in [0.15, 0.2) is 5.82 Å². The Labute approximate surface area is 94.7 Å². The van der Waals surface area contributed by atoms with Gasteiger partial charge in [0.25, 0.3) is 0 Å². The highest BCUT2D eigenvalue weighted by Gasteiger charge is 2.12. The fourth-order valence-corrected chi connectivity index (χ4v) is 1.62. The van der Waals surface area contributed by atoms with E-state index in [1.807, 2.05) is 13.8 Å². The van der Waals surface area contributed by atoms with Gasteiger partial charge in [-0.3, -0.25) is 0 Å². The van der Waals surface area contributed by atoms with E-state index in [1.165, 1.54) is 6.33 Å². The molecule has 6 nitrogen and oxygen atoms in total. The molecule has 2 aromatic rings. The minimum atomic E-state index is 0.382. The van der Waals surface area contributed by atoms with Crippen LogP contribution in [0, 0.1) is 13.8 Å². The lowest BCUT2D eigenvalue weighted by Gasteiger charge is -2.05. The number of halogens is 1. The fraction of sp³-hybridized carbons (Fsp3) is 0.250. The van der Waals surface area contributed by atoms with Crippen molar-refractivity contribution in [2.45, 2.75) is 13.8 Å². The zero-order chi connectivity index (χ0) is 11.0. The average Bonchev–Trinajstić information content (AvgIpc) is 2.50. The van der Waals surface area contributed by atoms with Crippen LogP contribution < -0.4 is 5.73 Å². The molecule has 0 bridgehead atoms. The van der Waals surface area contributed by atoms with Crippen LogP contribution in [-0.2, 0) is 0 Å². The number of hydrogen-bond donors (Lipinski definition) is 1. The van der Waals surface area contributed by atoms with Gasteiger partial charge in [0.1, 0.15) is 28.3 Å². The van der Waals surface area contributed by atoms with Crippen LogP contribution in [0.2, 0.25) is 0 Å². The number of hydrogen-bond acceptors (Lipinski definition) is 5. The van der Waals surface area contributed by atoms with Gasteiger partial charge in [0.2, 0.25) is 0 Å². The highest BCUT2D eigenvalue weighted by Crippen LogP contribution is 2.23. The lowest BCUT2D eigenvalue weighted by atomic mass is 10.5. The maximum absolute atomic E-state index is 5.66. The van der Waals surface area contributed by atoms with E-state index in [-0.39, 0.29) is 0 Å². The van der Waals surface area contributed by atoms with Crippen LogP contribution in [0.3, 0.4) is 0 Å². The van der Waals surface area contributed by atoms with Crippen molar-refractivity contribution in [1.29, 1.82) is 0 Å². The zero-order valence-electron chi connectivity index (χ0n) is 8.27. The second-order valence-corrected chi connectivity index (χ2v) is 3.81. The zero-order valence-corrected chi connectivity index (χ0v) is 9.85. The number of nitrogens with two attached hydrogens (primary N) is 1. The first-order valence-corrected chi connectivity index (χ1v) is 5.05. The summed E-state index contributed by atoms with van der Waals surface area (Å²) in [4.78, 5) is 12.2. The van der Waals surface area contributed by atoms with Gasteiger partial charge in [-0.1, -0.05) is 0 Å². The third-order valence-electron chi connectivity index (χ3n) is 1.87. The molecule has 0 amide bonds. The van der Waals surface area contributed by atoms with Crippen LogP contribution in [0.25, 0.3) is 5.82 Å². The van der Waals surface area contributed by atoms with E-state index in [0.717, 1.165) is 5.82 Å². The Morgan fingerprint density at radius 2 is 2.07 bits per heavy atom. The third kappa shape index (κ3) is 1.70. The molecule has 0 atom stereocenters. The van der Waals surface area contributed by atoms with E-state index in [2.05, 4.69) is 36.0 Å². The van der Waals surface area contributed by atoms with Crippen molar-refractivity contribution in [2.75, 3.05) is 5.73 Å². The first kappa shape index (κ1) is 10.0. The number of aromatic nitrogens is 5. The molecule has 15 heavy (non-hydrogen) atoms. The van der Waals surface area contributed by atoms with Gasteiger partial charge in [-0.2, -0.15) is 4.68 Å². The normalized spacial score (nSPS) is 10.6. The van der Waals surface area contributed by atoms with Crippen LogP contribution >= 0.6 is 15.9 Å². The smallest absolute Gasteiger partial charge is 0.175 e. The summed E-state index contributed by atoms with van der Waals surface area (Å²) in [5.74, 6) is 2.43. The number of nitrogens with zero attached hydrogens (tertiary/aromatic N) is 5. The molecule has 0 saturated heterocycles. The van der Waals surface area contributed by atoms with Crippen LogP contribution in [0.5, 0.6) is 0 Å². The molecule has 2 rings (SSSR count). The molecule has 0 spiro atoms. The van der Waals surface area contributed by atoms with Gasteiger partial charge in [0, 0.05) is 0 Å². The Kier molecular flexibility index (Phi) is 2.39. The van der Waals surface area contributed by atoms with Crippen LogP contribution in [0.15, 0.2) is 10.8 Å². The second kappa shape index (κ2) is 3.58. The first-order valence-electron chi connectivity index (χ1n) is 4.26. The van der Waals surface area contributed by atoms with Crippen molar-refractivity contribution < 1.29 is 0 Å². The van der Waals surface area contributed by atoms with Crippen LogP contribution in [0.1, 0.15) is 11.6 Å². The molecule has 7 heteroatoms. The first-order chi connectivity index (χ1) is 7.09. The maximum Gasteiger partial charge on any atom is 0.175 e. The number of anilines is 1. The molecular weight excluding hydrogens is 260 g/mol. The summed E-state index contributed by atoms with van der Waals surface area (Å²) in [5.41, 5.74) is 5.66. The Balaban J connectivity index is 2.64. The second-order valence-electron chi connectivity index (χ2n) is 3.01. The molecule has 78 valence electrons.